The van der Waals surface area contributed by atoms with Gasteiger partial charge in [-0.15, -0.1) is 0 Å². The number of allylic oxidation sites excluding steroid dienone is 2. The number of nitrogens with zero attached hydrogens (tertiary/aromatic N) is 2. The molecule has 1 aromatic rings. The monoisotopic (exact) mass is 374 g/mol. The molecule has 2 fully saturated rings. The van der Waals surface area contributed by atoms with E-state index in [4.69, 9.17) is 0 Å². The number of imide groups is 1. The molecule has 0 radical (unpaired) electrons. The first-order chi connectivity index (χ1) is 12.3. The molecule has 138 valence electrons. The molecular weight excluding hydrogens is 352 g/mol. The van der Waals surface area contributed by atoms with Crippen molar-refractivity contribution in [2.75, 3.05) is 13.1 Å². The Morgan fingerprint density at radius 2 is 1.50 bits per heavy atom. The summed E-state index contributed by atoms with van der Waals surface area (Å²) < 4.78 is 26.9. The van der Waals surface area contributed by atoms with Crippen molar-refractivity contribution in [1.82, 2.24) is 9.21 Å². The van der Waals surface area contributed by atoms with Gasteiger partial charge in [0.05, 0.1) is 22.8 Å². The number of rotatable bonds is 3. The molecule has 2 aliphatic heterocycles. The molecule has 1 aliphatic carbocycles. The van der Waals surface area contributed by atoms with Crippen LogP contribution in [-0.4, -0.2) is 48.6 Å². The van der Waals surface area contributed by atoms with Gasteiger partial charge in [-0.25, -0.2) is 8.42 Å². The molecule has 4 rings (SSSR count). The number of carbonyl (C=O) groups is 2. The van der Waals surface area contributed by atoms with Gasteiger partial charge in [0.25, 0.3) is 0 Å². The highest BCUT2D eigenvalue weighted by atomic mass is 32.2. The van der Waals surface area contributed by atoms with E-state index in [1.165, 1.54) is 9.21 Å². The number of aryl methyl sites for hydroxylation is 2. The van der Waals surface area contributed by atoms with Crippen molar-refractivity contribution in [3.05, 3.63) is 41.5 Å². The number of hydrogen-bond donors (Lipinski definition) is 0. The lowest BCUT2D eigenvalue weighted by molar-refractivity contribution is -0.145. The number of sulfonamides is 1. The Bertz CT molecular complexity index is 889. The molecule has 2 atom stereocenters. The van der Waals surface area contributed by atoms with E-state index in [9.17, 15) is 18.0 Å². The topological polar surface area (TPSA) is 74.8 Å². The molecule has 0 N–H and O–H groups in total. The lowest BCUT2D eigenvalue weighted by Crippen LogP contribution is -2.62. The minimum atomic E-state index is -3.59. The maximum absolute atomic E-state index is 12.8. The number of likely N-dealkylation sites (tertiary alicyclic amines) is 1. The normalized spacial score (nSPS) is 26.9. The Kier molecular flexibility index (Phi) is 4.04. The molecule has 26 heavy (non-hydrogen) atoms. The molecule has 0 spiro atoms. The summed E-state index contributed by atoms with van der Waals surface area (Å²) in [4.78, 5) is 26.8. The van der Waals surface area contributed by atoms with Gasteiger partial charge in [0.1, 0.15) is 0 Å². The number of fused-ring (bicyclic) bond motifs is 1. The average molecular weight is 374 g/mol. The Balaban J connectivity index is 1.49. The van der Waals surface area contributed by atoms with Crippen LogP contribution in [0.3, 0.4) is 0 Å². The summed E-state index contributed by atoms with van der Waals surface area (Å²) in [7, 11) is -3.59. The lowest BCUT2D eigenvalue weighted by atomic mass is 9.85. The van der Waals surface area contributed by atoms with Gasteiger partial charge in [-0.3, -0.25) is 14.5 Å². The maximum atomic E-state index is 12.8. The highest BCUT2D eigenvalue weighted by Crippen LogP contribution is 2.38. The fourth-order valence-corrected chi connectivity index (χ4v) is 5.59. The molecule has 0 bridgehead atoms. The zero-order chi connectivity index (χ0) is 18.6. The zero-order valence-electron chi connectivity index (χ0n) is 14.9. The number of benzene rings is 1. The van der Waals surface area contributed by atoms with Gasteiger partial charge in [-0.2, -0.15) is 4.31 Å². The summed E-state index contributed by atoms with van der Waals surface area (Å²) in [5.74, 6) is -0.814. The van der Waals surface area contributed by atoms with Gasteiger partial charge in [0.2, 0.25) is 21.8 Å². The summed E-state index contributed by atoms with van der Waals surface area (Å²) in [6.07, 6.45) is 5.10. The van der Waals surface area contributed by atoms with Gasteiger partial charge in [-0.1, -0.05) is 18.2 Å². The first kappa shape index (κ1) is 17.4. The van der Waals surface area contributed by atoms with Crippen LogP contribution in [0.1, 0.15) is 24.0 Å². The average Bonchev–Trinajstić information content (AvgIpc) is 2.81. The Labute approximate surface area is 153 Å². The number of hydrogen-bond acceptors (Lipinski definition) is 4. The summed E-state index contributed by atoms with van der Waals surface area (Å²) in [6, 6.07) is 4.73. The second kappa shape index (κ2) is 6.03. The smallest absolute Gasteiger partial charge is 0.243 e. The molecule has 1 aromatic carbocycles. The molecule has 2 saturated heterocycles. The highest BCUT2D eigenvalue weighted by molar-refractivity contribution is 7.89. The third-order valence-corrected chi connectivity index (χ3v) is 7.68. The van der Waals surface area contributed by atoms with Crippen LogP contribution in [0.25, 0.3) is 0 Å². The summed E-state index contributed by atoms with van der Waals surface area (Å²) in [5.41, 5.74) is 1.96. The van der Waals surface area contributed by atoms with E-state index >= 15 is 0 Å². The van der Waals surface area contributed by atoms with Crippen molar-refractivity contribution < 1.29 is 18.0 Å². The van der Waals surface area contributed by atoms with Crippen LogP contribution in [-0.2, 0) is 19.6 Å². The van der Waals surface area contributed by atoms with E-state index in [1.54, 1.807) is 18.2 Å². The van der Waals surface area contributed by atoms with Crippen LogP contribution >= 0.6 is 0 Å². The molecule has 2 heterocycles. The standard InChI is InChI=1S/C19H22N2O4S/c1-12-7-8-15(9-13(12)2)26(24,25)20-10-14(11-20)21-18(22)16-5-3-4-6-17(16)19(21)23/h3-4,7-9,14,16-17H,5-6,10-11H2,1-2H3. The molecule has 6 nitrogen and oxygen atoms in total. The van der Waals surface area contributed by atoms with Gasteiger partial charge >= 0.3 is 0 Å². The number of amides is 2. The van der Waals surface area contributed by atoms with E-state index in [0.717, 1.165) is 11.1 Å². The van der Waals surface area contributed by atoms with E-state index in [-0.39, 0.29) is 47.7 Å². The predicted octanol–water partition coefficient (Wildman–Crippen LogP) is 1.63. The first-order valence-electron chi connectivity index (χ1n) is 8.90. The van der Waals surface area contributed by atoms with Crippen molar-refractivity contribution in [1.29, 1.82) is 0 Å². The van der Waals surface area contributed by atoms with Gasteiger partial charge < -0.3 is 0 Å². The summed E-state index contributed by atoms with van der Waals surface area (Å²) in [5, 5.41) is 0. The fourth-order valence-electron chi connectivity index (χ4n) is 3.99. The third-order valence-electron chi connectivity index (χ3n) is 5.85. The van der Waals surface area contributed by atoms with Crippen molar-refractivity contribution in [2.45, 2.75) is 37.6 Å². The van der Waals surface area contributed by atoms with Crippen LogP contribution in [0.4, 0.5) is 0 Å². The lowest BCUT2D eigenvalue weighted by Gasteiger charge is -2.42. The molecule has 0 aromatic heterocycles. The Hall–Kier alpha value is -1.99. The SMILES string of the molecule is Cc1ccc(S(=O)(=O)N2CC(N3C(=O)C4CC=CCC4C3=O)C2)cc1C. The highest BCUT2D eigenvalue weighted by Gasteiger charge is 2.53. The quantitative estimate of drug-likeness (QED) is 0.595. The molecule has 2 amide bonds. The largest absolute Gasteiger partial charge is 0.276 e. The Morgan fingerprint density at radius 3 is 2.04 bits per heavy atom. The van der Waals surface area contributed by atoms with E-state index in [0.29, 0.717) is 12.8 Å². The van der Waals surface area contributed by atoms with E-state index in [1.807, 2.05) is 26.0 Å². The van der Waals surface area contributed by atoms with Crippen LogP contribution in [0.2, 0.25) is 0 Å². The second-order valence-electron chi connectivity index (χ2n) is 7.42. The predicted molar refractivity (Wildman–Crippen MR) is 95.7 cm³/mol. The number of carbonyl (C=O) groups excluding carboxylic acids is 2. The van der Waals surface area contributed by atoms with Crippen LogP contribution in [0, 0.1) is 25.7 Å². The van der Waals surface area contributed by atoms with Crippen LogP contribution in [0.15, 0.2) is 35.2 Å². The van der Waals surface area contributed by atoms with E-state index in [2.05, 4.69) is 0 Å². The maximum Gasteiger partial charge on any atom is 0.243 e. The molecule has 0 saturated carbocycles. The van der Waals surface area contributed by atoms with Gasteiger partial charge in [0, 0.05) is 13.1 Å². The Morgan fingerprint density at radius 1 is 0.923 bits per heavy atom. The minimum absolute atomic E-state index is 0.141. The fraction of sp³-hybridized carbons (Fsp3) is 0.474. The van der Waals surface area contributed by atoms with Crippen LogP contribution < -0.4 is 0 Å². The molecule has 3 aliphatic rings. The first-order valence-corrected chi connectivity index (χ1v) is 10.3. The van der Waals surface area contributed by atoms with Gasteiger partial charge in [0.15, 0.2) is 0 Å². The molecular formula is C19H22N2O4S. The summed E-state index contributed by atoms with van der Waals surface area (Å²) in [6.45, 7) is 4.17. The van der Waals surface area contributed by atoms with E-state index < -0.39 is 10.0 Å². The van der Waals surface area contributed by atoms with Crippen molar-refractivity contribution in [3.8, 4) is 0 Å². The molecule has 7 heteroatoms. The van der Waals surface area contributed by atoms with Crippen molar-refractivity contribution >= 4 is 21.8 Å². The van der Waals surface area contributed by atoms with Gasteiger partial charge in [-0.05, 0) is 49.9 Å². The summed E-state index contributed by atoms with van der Waals surface area (Å²) >= 11 is 0. The molecule has 2 unspecified atom stereocenters. The van der Waals surface area contributed by atoms with Crippen LogP contribution in [0.5, 0.6) is 0 Å². The third kappa shape index (κ3) is 2.53. The van der Waals surface area contributed by atoms with Crippen molar-refractivity contribution in [3.63, 3.8) is 0 Å². The zero-order valence-corrected chi connectivity index (χ0v) is 15.7. The second-order valence-corrected chi connectivity index (χ2v) is 9.36. The van der Waals surface area contributed by atoms with Crippen molar-refractivity contribution in [2.24, 2.45) is 11.8 Å². The minimum Gasteiger partial charge on any atom is -0.276 e.